The molecule has 0 radical (unpaired) electrons. The van der Waals surface area contributed by atoms with Crippen LogP contribution in [0, 0.1) is 0 Å². The van der Waals surface area contributed by atoms with Gasteiger partial charge in [-0.2, -0.15) is 0 Å². The Bertz CT molecular complexity index is 538. The van der Waals surface area contributed by atoms with Crippen molar-refractivity contribution in [3.63, 3.8) is 0 Å². The molecule has 18 heavy (non-hydrogen) atoms. The lowest BCUT2D eigenvalue weighted by molar-refractivity contribution is 0.0693. The van der Waals surface area contributed by atoms with E-state index < -0.39 is 5.97 Å². The summed E-state index contributed by atoms with van der Waals surface area (Å²) in [5.74, 6) is -0.611. The number of methoxy groups -OCH3 is 1. The van der Waals surface area contributed by atoms with Gasteiger partial charge in [0.05, 0.1) is 7.11 Å². The largest absolute Gasteiger partial charge is 0.496 e. The van der Waals surface area contributed by atoms with E-state index in [0.29, 0.717) is 5.75 Å². The lowest BCUT2D eigenvalue weighted by atomic mass is 10.0. The Balaban J connectivity index is 0.00000162. The molecule has 0 spiro atoms. The summed E-state index contributed by atoms with van der Waals surface area (Å²) in [7, 11) is 1.47. The summed E-state index contributed by atoms with van der Waals surface area (Å²) in [6, 6.07) is 14.8. The summed E-state index contributed by atoms with van der Waals surface area (Å²) in [5, 5.41) is 8.98. The fraction of sp³-hybridized carbons (Fsp3) is 0.0714. The van der Waals surface area contributed by atoms with Gasteiger partial charge in [0.1, 0.15) is 11.3 Å². The lowest BCUT2D eigenvalue weighted by Crippen LogP contribution is -2.00. The van der Waals surface area contributed by atoms with E-state index in [1.807, 2.05) is 30.3 Å². The Morgan fingerprint density at radius 3 is 2.28 bits per heavy atom. The standard InChI is InChI=1S/C14H12O3.ClH/c1-17-13-9-11(7-8-12(13)14(15)16)10-5-3-2-4-6-10;/h2-9H,1H3,(H,15,16);1H. The van der Waals surface area contributed by atoms with Crippen LogP contribution in [0.4, 0.5) is 0 Å². The van der Waals surface area contributed by atoms with E-state index in [2.05, 4.69) is 0 Å². The normalized spacial score (nSPS) is 9.39. The fourth-order valence-electron chi connectivity index (χ4n) is 1.68. The molecule has 3 nitrogen and oxygen atoms in total. The van der Waals surface area contributed by atoms with E-state index in [-0.39, 0.29) is 18.0 Å². The van der Waals surface area contributed by atoms with Gasteiger partial charge in [0.25, 0.3) is 0 Å². The van der Waals surface area contributed by atoms with Crippen molar-refractivity contribution in [1.29, 1.82) is 0 Å². The monoisotopic (exact) mass is 264 g/mol. The summed E-state index contributed by atoms with van der Waals surface area (Å²) >= 11 is 0. The van der Waals surface area contributed by atoms with Crippen LogP contribution in [0.25, 0.3) is 11.1 Å². The summed E-state index contributed by atoms with van der Waals surface area (Å²) in [6.45, 7) is 0. The molecule has 0 saturated carbocycles. The first kappa shape index (κ1) is 14.1. The van der Waals surface area contributed by atoms with Crippen LogP contribution in [0.5, 0.6) is 5.75 Å². The van der Waals surface area contributed by atoms with Crippen LogP contribution in [0.2, 0.25) is 0 Å². The van der Waals surface area contributed by atoms with E-state index >= 15 is 0 Å². The highest BCUT2D eigenvalue weighted by Gasteiger charge is 2.11. The topological polar surface area (TPSA) is 46.5 Å². The highest BCUT2D eigenvalue weighted by atomic mass is 35.5. The minimum absolute atomic E-state index is 0. The number of carboxylic acids is 1. The molecule has 2 rings (SSSR count). The third-order valence-electron chi connectivity index (χ3n) is 2.54. The molecule has 0 aliphatic heterocycles. The minimum atomic E-state index is -0.985. The van der Waals surface area contributed by atoms with Crippen molar-refractivity contribution in [1.82, 2.24) is 0 Å². The van der Waals surface area contributed by atoms with Crippen LogP contribution in [0.3, 0.4) is 0 Å². The molecule has 0 aliphatic rings. The second kappa shape index (κ2) is 6.07. The first-order valence-corrected chi connectivity index (χ1v) is 5.19. The Kier molecular flexibility index (Phi) is 4.75. The van der Waals surface area contributed by atoms with E-state index in [1.165, 1.54) is 7.11 Å². The highest BCUT2D eigenvalue weighted by Crippen LogP contribution is 2.27. The number of benzene rings is 2. The molecule has 0 saturated heterocycles. The Labute approximate surface area is 111 Å². The van der Waals surface area contributed by atoms with Gasteiger partial charge in [-0.15, -0.1) is 12.4 Å². The summed E-state index contributed by atoms with van der Waals surface area (Å²) in [5.41, 5.74) is 2.14. The van der Waals surface area contributed by atoms with E-state index in [4.69, 9.17) is 9.84 Å². The maximum absolute atomic E-state index is 10.9. The van der Waals surface area contributed by atoms with Crippen molar-refractivity contribution in [2.45, 2.75) is 0 Å². The summed E-state index contributed by atoms with van der Waals surface area (Å²) in [4.78, 5) is 10.9. The van der Waals surface area contributed by atoms with Gasteiger partial charge in [-0.1, -0.05) is 36.4 Å². The number of hydrogen-bond acceptors (Lipinski definition) is 2. The first-order chi connectivity index (χ1) is 8.22. The van der Waals surface area contributed by atoms with Crippen molar-refractivity contribution in [2.24, 2.45) is 0 Å². The second-order valence-electron chi connectivity index (χ2n) is 3.59. The lowest BCUT2D eigenvalue weighted by Gasteiger charge is -2.07. The third kappa shape index (κ3) is 2.81. The molecule has 0 aromatic heterocycles. The van der Waals surface area contributed by atoms with Crippen molar-refractivity contribution < 1.29 is 14.6 Å². The molecule has 0 aliphatic carbocycles. The van der Waals surface area contributed by atoms with Crippen molar-refractivity contribution in [3.05, 3.63) is 54.1 Å². The Morgan fingerprint density at radius 2 is 1.72 bits per heavy atom. The van der Waals surface area contributed by atoms with Crippen LogP contribution in [0.1, 0.15) is 10.4 Å². The summed E-state index contributed by atoms with van der Waals surface area (Å²) in [6.07, 6.45) is 0. The van der Waals surface area contributed by atoms with Gasteiger partial charge in [-0.3, -0.25) is 0 Å². The number of aromatic carboxylic acids is 1. The average Bonchev–Trinajstić information content (AvgIpc) is 2.39. The zero-order valence-corrected chi connectivity index (χ0v) is 10.6. The van der Waals surface area contributed by atoms with Gasteiger partial charge in [-0.05, 0) is 23.3 Å². The molecule has 0 heterocycles. The van der Waals surface area contributed by atoms with Gasteiger partial charge in [0.15, 0.2) is 0 Å². The van der Waals surface area contributed by atoms with Crippen molar-refractivity contribution in [3.8, 4) is 16.9 Å². The number of halogens is 1. The van der Waals surface area contributed by atoms with Gasteiger partial charge in [-0.25, -0.2) is 4.79 Å². The first-order valence-electron chi connectivity index (χ1n) is 5.19. The predicted octanol–water partition coefficient (Wildman–Crippen LogP) is 3.48. The average molecular weight is 265 g/mol. The predicted molar refractivity (Wildman–Crippen MR) is 72.6 cm³/mol. The third-order valence-corrected chi connectivity index (χ3v) is 2.54. The van der Waals surface area contributed by atoms with Crippen LogP contribution in [-0.2, 0) is 0 Å². The number of carbonyl (C=O) groups is 1. The molecule has 2 aromatic rings. The minimum Gasteiger partial charge on any atom is -0.496 e. The smallest absolute Gasteiger partial charge is 0.339 e. The number of carboxylic acid groups (broad SMARTS) is 1. The van der Waals surface area contributed by atoms with Crippen LogP contribution < -0.4 is 4.74 Å². The van der Waals surface area contributed by atoms with E-state index in [0.717, 1.165) is 11.1 Å². The Hall–Kier alpha value is -2.00. The maximum Gasteiger partial charge on any atom is 0.339 e. The van der Waals surface area contributed by atoms with Crippen LogP contribution in [0.15, 0.2) is 48.5 Å². The quantitative estimate of drug-likeness (QED) is 0.923. The van der Waals surface area contributed by atoms with Crippen molar-refractivity contribution in [2.75, 3.05) is 7.11 Å². The number of rotatable bonds is 3. The van der Waals surface area contributed by atoms with Gasteiger partial charge in [0, 0.05) is 0 Å². The molecule has 0 bridgehead atoms. The van der Waals surface area contributed by atoms with E-state index in [1.54, 1.807) is 18.2 Å². The number of hydrogen-bond donors (Lipinski definition) is 1. The van der Waals surface area contributed by atoms with Crippen LogP contribution >= 0.6 is 12.4 Å². The number of ether oxygens (including phenoxy) is 1. The molecule has 0 fully saturated rings. The highest BCUT2D eigenvalue weighted by molar-refractivity contribution is 5.92. The fourth-order valence-corrected chi connectivity index (χ4v) is 1.68. The van der Waals surface area contributed by atoms with E-state index in [9.17, 15) is 4.79 Å². The van der Waals surface area contributed by atoms with Gasteiger partial charge >= 0.3 is 5.97 Å². The van der Waals surface area contributed by atoms with Crippen molar-refractivity contribution >= 4 is 18.4 Å². The van der Waals surface area contributed by atoms with Gasteiger partial charge in [0.2, 0.25) is 0 Å². The SMILES string of the molecule is COc1cc(-c2ccccc2)ccc1C(=O)O.Cl. The molecule has 0 unspecified atom stereocenters. The molecule has 0 atom stereocenters. The molecule has 0 amide bonds. The molecular formula is C14H13ClO3. The van der Waals surface area contributed by atoms with Gasteiger partial charge < -0.3 is 9.84 Å². The molecule has 94 valence electrons. The van der Waals surface area contributed by atoms with Crippen LogP contribution in [-0.4, -0.2) is 18.2 Å². The summed E-state index contributed by atoms with van der Waals surface area (Å²) < 4.78 is 5.09. The molecule has 4 heteroatoms. The second-order valence-corrected chi connectivity index (χ2v) is 3.59. The molecule has 1 N–H and O–H groups in total. The zero-order chi connectivity index (χ0) is 12.3. The maximum atomic E-state index is 10.9. The molecular weight excluding hydrogens is 252 g/mol. The zero-order valence-electron chi connectivity index (χ0n) is 9.79. The molecule has 2 aromatic carbocycles. The Morgan fingerprint density at radius 1 is 1.06 bits per heavy atom.